The van der Waals surface area contributed by atoms with Crippen molar-refractivity contribution in [1.82, 2.24) is 5.32 Å². The number of benzene rings is 2. The van der Waals surface area contributed by atoms with Gasteiger partial charge in [0.05, 0.1) is 17.7 Å². The molecule has 2 N–H and O–H groups in total. The predicted molar refractivity (Wildman–Crippen MR) is 97.7 cm³/mol. The molecule has 0 aliphatic heterocycles. The Morgan fingerprint density at radius 2 is 1.84 bits per heavy atom. The van der Waals surface area contributed by atoms with Crippen LogP contribution < -0.4 is 10.1 Å². The van der Waals surface area contributed by atoms with Crippen LogP contribution in [0.5, 0.6) is 5.75 Å². The van der Waals surface area contributed by atoms with Gasteiger partial charge < -0.3 is 15.2 Å². The zero-order chi connectivity index (χ0) is 17.5. The van der Waals surface area contributed by atoms with E-state index in [1.54, 1.807) is 6.07 Å². The van der Waals surface area contributed by atoms with E-state index in [4.69, 9.17) is 9.84 Å². The molecule has 1 unspecified atom stereocenters. The topological polar surface area (TPSA) is 58.6 Å². The lowest BCUT2D eigenvalue weighted by atomic mass is 9.96. The van der Waals surface area contributed by atoms with Crippen LogP contribution in [-0.2, 0) is 0 Å². The fourth-order valence-electron chi connectivity index (χ4n) is 2.96. The van der Waals surface area contributed by atoms with Crippen molar-refractivity contribution in [2.45, 2.75) is 44.2 Å². The van der Waals surface area contributed by atoms with Gasteiger partial charge in [0.1, 0.15) is 5.75 Å². The number of hydrogen-bond acceptors (Lipinski definition) is 3. The Morgan fingerprint density at radius 1 is 1.12 bits per heavy atom. The molecule has 0 heterocycles. The maximum Gasteiger partial charge on any atom is 0.255 e. The number of aliphatic hydroxyl groups is 1. The van der Waals surface area contributed by atoms with Crippen molar-refractivity contribution >= 4 is 5.91 Å². The highest BCUT2D eigenvalue weighted by Gasteiger charge is 2.23. The Morgan fingerprint density at radius 3 is 2.52 bits per heavy atom. The monoisotopic (exact) mass is 339 g/mol. The van der Waals surface area contributed by atoms with Crippen molar-refractivity contribution in [2.24, 2.45) is 0 Å². The van der Waals surface area contributed by atoms with Gasteiger partial charge in [-0.2, -0.15) is 0 Å². The summed E-state index contributed by atoms with van der Waals surface area (Å²) in [7, 11) is 0. The van der Waals surface area contributed by atoms with Gasteiger partial charge in [0, 0.05) is 6.61 Å². The second kappa shape index (κ2) is 8.67. The van der Waals surface area contributed by atoms with E-state index in [0.29, 0.717) is 24.2 Å². The van der Waals surface area contributed by atoms with Gasteiger partial charge >= 0.3 is 0 Å². The summed E-state index contributed by atoms with van der Waals surface area (Å²) in [4.78, 5) is 12.8. The number of carbonyl (C=O) groups is 1. The van der Waals surface area contributed by atoms with Crippen LogP contribution in [0.15, 0.2) is 54.6 Å². The molecule has 0 radical (unpaired) electrons. The van der Waals surface area contributed by atoms with Crippen molar-refractivity contribution in [1.29, 1.82) is 0 Å². The molecule has 1 fully saturated rings. The summed E-state index contributed by atoms with van der Waals surface area (Å²) in [5.41, 5.74) is 1.61. The van der Waals surface area contributed by atoms with Crippen molar-refractivity contribution < 1.29 is 14.6 Å². The van der Waals surface area contributed by atoms with Crippen LogP contribution in [0.25, 0.3) is 0 Å². The zero-order valence-corrected chi connectivity index (χ0v) is 14.4. The lowest BCUT2D eigenvalue weighted by Gasteiger charge is -2.27. The van der Waals surface area contributed by atoms with Crippen molar-refractivity contribution in [3.63, 3.8) is 0 Å². The van der Waals surface area contributed by atoms with Crippen molar-refractivity contribution in [3.8, 4) is 5.75 Å². The highest BCUT2D eigenvalue weighted by Crippen LogP contribution is 2.28. The smallest absolute Gasteiger partial charge is 0.255 e. The summed E-state index contributed by atoms with van der Waals surface area (Å²) in [6, 6.07) is 17.2. The molecule has 4 nitrogen and oxygen atoms in total. The van der Waals surface area contributed by atoms with E-state index in [1.165, 1.54) is 6.42 Å². The second-order valence-corrected chi connectivity index (χ2v) is 6.47. The standard InChI is InChI=1S/C21H25NO3/c23-15-7-13-19(16-8-2-1-3-9-16)22-21(24)18-12-4-5-14-20(18)25-17-10-6-11-17/h1-5,8-9,12,14,17,19,23H,6-7,10-11,13,15H2,(H,22,24). The molecule has 1 atom stereocenters. The first kappa shape index (κ1) is 17.5. The Labute approximate surface area is 148 Å². The molecule has 3 rings (SSSR count). The maximum absolute atomic E-state index is 12.8. The number of carbonyl (C=O) groups excluding carboxylic acids is 1. The van der Waals surface area contributed by atoms with E-state index in [9.17, 15) is 4.79 Å². The highest BCUT2D eigenvalue weighted by atomic mass is 16.5. The van der Waals surface area contributed by atoms with Gasteiger partial charge in [0.25, 0.3) is 5.91 Å². The van der Waals surface area contributed by atoms with Gasteiger partial charge in [-0.3, -0.25) is 4.79 Å². The minimum atomic E-state index is -0.137. The number of hydrogen-bond donors (Lipinski definition) is 2. The molecule has 1 aliphatic carbocycles. The summed E-state index contributed by atoms with van der Waals surface area (Å²) in [5, 5.41) is 12.3. The van der Waals surface area contributed by atoms with Crippen LogP contribution in [0.1, 0.15) is 54.1 Å². The fraction of sp³-hybridized carbons (Fsp3) is 0.381. The number of aliphatic hydroxyl groups excluding tert-OH is 1. The third-order valence-corrected chi connectivity index (χ3v) is 4.64. The van der Waals surface area contributed by atoms with E-state index < -0.39 is 0 Å². The summed E-state index contributed by atoms with van der Waals surface area (Å²) < 4.78 is 5.97. The third kappa shape index (κ3) is 4.60. The first-order valence-corrected chi connectivity index (χ1v) is 9.00. The Balaban J connectivity index is 1.74. The highest BCUT2D eigenvalue weighted by molar-refractivity contribution is 5.97. The second-order valence-electron chi connectivity index (χ2n) is 6.47. The van der Waals surface area contributed by atoms with E-state index in [2.05, 4.69) is 5.32 Å². The van der Waals surface area contributed by atoms with Crippen LogP contribution in [-0.4, -0.2) is 23.7 Å². The summed E-state index contributed by atoms with van der Waals surface area (Å²) in [6.07, 6.45) is 4.86. The average Bonchev–Trinajstić information content (AvgIpc) is 2.62. The minimum Gasteiger partial charge on any atom is -0.490 e. The van der Waals surface area contributed by atoms with E-state index in [0.717, 1.165) is 18.4 Å². The largest absolute Gasteiger partial charge is 0.490 e. The third-order valence-electron chi connectivity index (χ3n) is 4.64. The zero-order valence-electron chi connectivity index (χ0n) is 14.4. The Kier molecular flexibility index (Phi) is 6.07. The number of rotatable bonds is 8. The lowest BCUT2D eigenvalue weighted by molar-refractivity contribution is 0.0908. The molecular weight excluding hydrogens is 314 g/mol. The number of para-hydroxylation sites is 1. The predicted octanol–water partition coefficient (Wildman–Crippen LogP) is 3.86. The van der Waals surface area contributed by atoms with E-state index in [1.807, 2.05) is 48.5 Å². The molecule has 132 valence electrons. The molecule has 1 amide bonds. The van der Waals surface area contributed by atoms with E-state index in [-0.39, 0.29) is 24.7 Å². The normalized spacial score (nSPS) is 15.2. The van der Waals surface area contributed by atoms with Crippen LogP contribution in [0.2, 0.25) is 0 Å². The Hall–Kier alpha value is -2.33. The molecule has 0 spiro atoms. The van der Waals surface area contributed by atoms with Crippen molar-refractivity contribution in [3.05, 3.63) is 65.7 Å². The summed E-state index contributed by atoms with van der Waals surface area (Å²) in [6.45, 7) is 0.112. The molecule has 1 saturated carbocycles. The molecule has 0 saturated heterocycles. The van der Waals surface area contributed by atoms with Crippen molar-refractivity contribution in [2.75, 3.05) is 6.61 Å². The Bertz CT molecular complexity index is 683. The molecule has 0 bridgehead atoms. The molecular formula is C21H25NO3. The van der Waals surface area contributed by atoms with Gasteiger partial charge in [-0.1, -0.05) is 42.5 Å². The van der Waals surface area contributed by atoms with Crippen LogP contribution in [0.3, 0.4) is 0 Å². The molecule has 4 heteroatoms. The first-order chi connectivity index (χ1) is 12.3. The molecule has 0 aromatic heterocycles. The van der Waals surface area contributed by atoms with Gasteiger partial charge in [0.2, 0.25) is 0 Å². The molecule has 2 aromatic carbocycles. The van der Waals surface area contributed by atoms with Gasteiger partial charge in [-0.15, -0.1) is 0 Å². The fourth-order valence-corrected chi connectivity index (χ4v) is 2.96. The lowest BCUT2D eigenvalue weighted by Crippen LogP contribution is -2.30. The molecule has 1 aliphatic rings. The minimum absolute atomic E-state index is 0.112. The van der Waals surface area contributed by atoms with E-state index >= 15 is 0 Å². The van der Waals surface area contributed by atoms with Crippen LogP contribution >= 0.6 is 0 Å². The summed E-state index contributed by atoms with van der Waals surface area (Å²) >= 11 is 0. The van der Waals surface area contributed by atoms with Crippen LogP contribution in [0, 0.1) is 0 Å². The van der Waals surface area contributed by atoms with Gasteiger partial charge in [0.15, 0.2) is 0 Å². The quantitative estimate of drug-likeness (QED) is 0.768. The average molecular weight is 339 g/mol. The number of nitrogens with one attached hydrogen (secondary N) is 1. The first-order valence-electron chi connectivity index (χ1n) is 9.00. The number of amides is 1. The molecule has 25 heavy (non-hydrogen) atoms. The maximum atomic E-state index is 12.8. The molecule has 2 aromatic rings. The summed E-state index contributed by atoms with van der Waals surface area (Å²) in [5.74, 6) is 0.514. The SMILES string of the molecule is O=C(NC(CCCO)c1ccccc1)c1ccccc1OC1CCC1. The van der Waals surface area contributed by atoms with Gasteiger partial charge in [-0.05, 0) is 49.8 Å². The van der Waals surface area contributed by atoms with Crippen LogP contribution in [0.4, 0.5) is 0 Å². The van der Waals surface area contributed by atoms with Gasteiger partial charge in [-0.25, -0.2) is 0 Å². The number of ether oxygens (including phenoxy) is 1.